The molecule has 0 aliphatic carbocycles. The van der Waals surface area contributed by atoms with E-state index in [0.29, 0.717) is 24.4 Å². The first-order valence-electron chi connectivity index (χ1n) is 6.77. The van der Waals surface area contributed by atoms with Crippen LogP contribution >= 0.6 is 27.5 Å². The van der Waals surface area contributed by atoms with E-state index in [1.165, 1.54) is 0 Å². The van der Waals surface area contributed by atoms with Crippen molar-refractivity contribution >= 4 is 33.4 Å². The SMILES string of the molecule is CN(Cc1ccc(Br)cc1)C(=O)CCc1cccc(Cl)c1. The summed E-state index contributed by atoms with van der Waals surface area (Å²) in [5, 5.41) is 0.711. The lowest BCUT2D eigenvalue weighted by Gasteiger charge is -2.17. The summed E-state index contributed by atoms with van der Waals surface area (Å²) in [5.41, 5.74) is 2.21. The first kappa shape index (κ1) is 16.1. The number of benzene rings is 2. The van der Waals surface area contributed by atoms with E-state index in [4.69, 9.17) is 11.6 Å². The predicted octanol–water partition coefficient (Wildman–Crippen LogP) is 4.69. The number of carbonyl (C=O) groups is 1. The number of hydrogen-bond acceptors (Lipinski definition) is 1. The molecular formula is C17H17BrClNO. The average Bonchev–Trinajstić information content (AvgIpc) is 2.47. The normalized spacial score (nSPS) is 10.4. The van der Waals surface area contributed by atoms with Crippen LogP contribution in [0.2, 0.25) is 5.02 Å². The molecule has 2 rings (SSSR count). The number of rotatable bonds is 5. The Morgan fingerprint density at radius 1 is 1.14 bits per heavy atom. The topological polar surface area (TPSA) is 20.3 Å². The molecule has 0 fully saturated rings. The lowest BCUT2D eigenvalue weighted by atomic mass is 10.1. The van der Waals surface area contributed by atoms with Crippen LogP contribution in [0.15, 0.2) is 53.0 Å². The van der Waals surface area contributed by atoms with Crippen LogP contribution in [0.25, 0.3) is 0 Å². The van der Waals surface area contributed by atoms with Crippen molar-refractivity contribution in [3.05, 3.63) is 69.2 Å². The summed E-state index contributed by atoms with van der Waals surface area (Å²) in [4.78, 5) is 13.9. The van der Waals surface area contributed by atoms with Crippen LogP contribution in [-0.2, 0) is 17.8 Å². The van der Waals surface area contributed by atoms with E-state index in [1.807, 2.05) is 55.6 Å². The minimum Gasteiger partial charge on any atom is -0.341 e. The van der Waals surface area contributed by atoms with Crippen molar-refractivity contribution in [2.45, 2.75) is 19.4 Å². The predicted molar refractivity (Wildman–Crippen MR) is 90.4 cm³/mol. The molecule has 2 nitrogen and oxygen atoms in total. The highest BCUT2D eigenvalue weighted by Crippen LogP contribution is 2.14. The monoisotopic (exact) mass is 365 g/mol. The largest absolute Gasteiger partial charge is 0.341 e. The van der Waals surface area contributed by atoms with Crippen molar-refractivity contribution in [3.63, 3.8) is 0 Å². The highest BCUT2D eigenvalue weighted by Gasteiger charge is 2.09. The van der Waals surface area contributed by atoms with Crippen molar-refractivity contribution in [2.24, 2.45) is 0 Å². The van der Waals surface area contributed by atoms with E-state index in [0.717, 1.165) is 15.6 Å². The minimum absolute atomic E-state index is 0.137. The van der Waals surface area contributed by atoms with Gasteiger partial charge in [-0.3, -0.25) is 4.79 Å². The molecule has 21 heavy (non-hydrogen) atoms. The molecule has 4 heteroatoms. The zero-order valence-corrected chi connectivity index (χ0v) is 14.2. The molecule has 0 saturated heterocycles. The third kappa shape index (κ3) is 5.18. The molecule has 0 aliphatic heterocycles. The fourth-order valence-corrected chi connectivity index (χ4v) is 2.56. The van der Waals surface area contributed by atoms with Crippen LogP contribution in [0.4, 0.5) is 0 Å². The van der Waals surface area contributed by atoms with Gasteiger partial charge in [0.25, 0.3) is 0 Å². The number of aryl methyl sites for hydroxylation is 1. The molecule has 110 valence electrons. The summed E-state index contributed by atoms with van der Waals surface area (Å²) in [5.74, 6) is 0.137. The summed E-state index contributed by atoms with van der Waals surface area (Å²) in [6.45, 7) is 0.627. The molecule has 2 aromatic rings. The van der Waals surface area contributed by atoms with Crippen molar-refractivity contribution in [1.29, 1.82) is 0 Å². The van der Waals surface area contributed by atoms with Gasteiger partial charge in [-0.2, -0.15) is 0 Å². The van der Waals surface area contributed by atoms with Gasteiger partial charge in [0.15, 0.2) is 0 Å². The van der Waals surface area contributed by atoms with E-state index in [1.54, 1.807) is 4.90 Å². The Hall–Kier alpha value is -1.32. The van der Waals surface area contributed by atoms with E-state index in [9.17, 15) is 4.79 Å². The molecule has 2 aromatic carbocycles. The van der Waals surface area contributed by atoms with Crippen LogP contribution in [0, 0.1) is 0 Å². The first-order valence-corrected chi connectivity index (χ1v) is 7.94. The quantitative estimate of drug-likeness (QED) is 0.751. The van der Waals surface area contributed by atoms with E-state index < -0.39 is 0 Å². The Kier molecular flexibility index (Phi) is 5.83. The van der Waals surface area contributed by atoms with E-state index in [2.05, 4.69) is 15.9 Å². The highest BCUT2D eigenvalue weighted by atomic mass is 79.9. The lowest BCUT2D eigenvalue weighted by Crippen LogP contribution is -2.26. The zero-order chi connectivity index (χ0) is 15.2. The van der Waals surface area contributed by atoms with E-state index in [-0.39, 0.29) is 5.91 Å². The second-order valence-electron chi connectivity index (χ2n) is 5.01. The van der Waals surface area contributed by atoms with Gasteiger partial charge in [0, 0.05) is 29.5 Å². The standard InChI is InChI=1S/C17H17BrClNO/c1-20(12-14-5-8-15(18)9-6-14)17(21)10-7-13-3-2-4-16(19)11-13/h2-6,8-9,11H,7,10,12H2,1H3. The van der Waals surface area contributed by atoms with Crippen molar-refractivity contribution in [3.8, 4) is 0 Å². The van der Waals surface area contributed by atoms with Gasteiger partial charge in [-0.1, -0.05) is 51.8 Å². The van der Waals surface area contributed by atoms with Gasteiger partial charge in [0.1, 0.15) is 0 Å². The summed E-state index contributed by atoms with van der Waals surface area (Å²) >= 11 is 9.35. The van der Waals surface area contributed by atoms with Crippen LogP contribution in [-0.4, -0.2) is 17.9 Å². The summed E-state index contributed by atoms with van der Waals surface area (Å²) in [6, 6.07) is 15.7. The van der Waals surface area contributed by atoms with Gasteiger partial charge in [-0.05, 0) is 41.8 Å². The highest BCUT2D eigenvalue weighted by molar-refractivity contribution is 9.10. The fourth-order valence-electron chi connectivity index (χ4n) is 2.09. The Morgan fingerprint density at radius 3 is 2.52 bits per heavy atom. The van der Waals surface area contributed by atoms with Crippen LogP contribution in [0.1, 0.15) is 17.5 Å². The fraction of sp³-hybridized carbons (Fsp3) is 0.235. The maximum Gasteiger partial charge on any atom is 0.222 e. The minimum atomic E-state index is 0.137. The molecule has 0 aliphatic rings. The Labute approximate surface area is 138 Å². The smallest absolute Gasteiger partial charge is 0.222 e. The van der Waals surface area contributed by atoms with Crippen LogP contribution < -0.4 is 0 Å². The Bertz CT molecular complexity index is 612. The molecule has 0 heterocycles. The molecule has 0 unspecified atom stereocenters. The second-order valence-corrected chi connectivity index (χ2v) is 6.36. The summed E-state index contributed by atoms with van der Waals surface area (Å²) in [6.07, 6.45) is 1.21. The molecule has 0 radical (unpaired) electrons. The molecule has 1 amide bonds. The molecule has 0 N–H and O–H groups in total. The second kappa shape index (κ2) is 7.62. The van der Waals surface area contributed by atoms with Gasteiger partial charge < -0.3 is 4.90 Å². The molecule has 0 bridgehead atoms. The first-order chi connectivity index (χ1) is 10.0. The van der Waals surface area contributed by atoms with Gasteiger partial charge in [0.05, 0.1) is 0 Å². The van der Waals surface area contributed by atoms with Gasteiger partial charge >= 0.3 is 0 Å². The lowest BCUT2D eigenvalue weighted by molar-refractivity contribution is -0.130. The van der Waals surface area contributed by atoms with Crippen LogP contribution in [0.3, 0.4) is 0 Å². The zero-order valence-electron chi connectivity index (χ0n) is 11.9. The summed E-state index contributed by atoms with van der Waals surface area (Å²) in [7, 11) is 1.84. The van der Waals surface area contributed by atoms with Crippen molar-refractivity contribution < 1.29 is 4.79 Å². The number of amides is 1. The van der Waals surface area contributed by atoms with Crippen molar-refractivity contribution in [1.82, 2.24) is 4.90 Å². The third-order valence-corrected chi connectivity index (χ3v) is 4.04. The summed E-state index contributed by atoms with van der Waals surface area (Å²) < 4.78 is 1.04. The molecular weight excluding hydrogens is 350 g/mol. The Morgan fingerprint density at radius 2 is 1.86 bits per heavy atom. The molecule has 0 saturated carbocycles. The van der Waals surface area contributed by atoms with Gasteiger partial charge in [-0.15, -0.1) is 0 Å². The maximum absolute atomic E-state index is 12.2. The molecule has 0 spiro atoms. The number of nitrogens with zero attached hydrogens (tertiary/aromatic N) is 1. The number of carbonyl (C=O) groups excluding carboxylic acids is 1. The average molecular weight is 367 g/mol. The molecule has 0 atom stereocenters. The maximum atomic E-state index is 12.2. The van der Waals surface area contributed by atoms with Gasteiger partial charge in [0.2, 0.25) is 5.91 Å². The number of hydrogen-bond donors (Lipinski definition) is 0. The van der Waals surface area contributed by atoms with Crippen LogP contribution in [0.5, 0.6) is 0 Å². The Balaban J connectivity index is 1.86. The van der Waals surface area contributed by atoms with E-state index >= 15 is 0 Å². The van der Waals surface area contributed by atoms with Gasteiger partial charge in [-0.25, -0.2) is 0 Å². The number of halogens is 2. The molecule has 0 aromatic heterocycles. The van der Waals surface area contributed by atoms with Crippen molar-refractivity contribution in [2.75, 3.05) is 7.05 Å². The third-order valence-electron chi connectivity index (χ3n) is 3.28.